The van der Waals surface area contributed by atoms with Gasteiger partial charge in [-0.2, -0.15) is 5.10 Å². The normalized spacial score (nSPS) is 11.7. The highest BCUT2D eigenvalue weighted by atomic mass is 16.2. The summed E-state index contributed by atoms with van der Waals surface area (Å²) in [5.74, 6) is 5.74. The van der Waals surface area contributed by atoms with E-state index in [-0.39, 0.29) is 16.9 Å². The van der Waals surface area contributed by atoms with Crippen LogP contribution < -0.4 is 16.6 Å². The lowest BCUT2D eigenvalue weighted by molar-refractivity contribution is 0.0941. The molecule has 39 heavy (non-hydrogen) atoms. The van der Waals surface area contributed by atoms with Crippen molar-refractivity contribution in [3.63, 3.8) is 0 Å². The number of nitrogens with two attached hydrogens (primary N) is 1. The summed E-state index contributed by atoms with van der Waals surface area (Å²) in [6.07, 6.45) is 4.86. The van der Waals surface area contributed by atoms with Gasteiger partial charge >= 0.3 is 0 Å². The number of nitrogens with zero attached hydrogens (tertiary/aromatic N) is 5. The van der Waals surface area contributed by atoms with Gasteiger partial charge in [0.2, 0.25) is 0 Å². The number of amides is 1. The molecule has 1 amide bonds. The Balaban J connectivity index is 1.48. The van der Waals surface area contributed by atoms with Crippen LogP contribution in [0.5, 0.6) is 0 Å². The highest BCUT2D eigenvalue weighted by Crippen LogP contribution is 2.24. The maximum atomic E-state index is 14.1. The molecule has 10 heteroatoms. The van der Waals surface area contributed by atoms with Crippen molar-refractivity contribution >= 4 is 28.1 Å². The summed E-state index contributed by atoms with van der Waals surface area (Å²) in [5.41, 5.74) is 8.82. The zero-order chi connectivity index (χ0) is 26.9. The molecule has 0 unspecified atom stereocenters. The minimum absolute atomic E-state index is 0.0674. The van der Waals surface area contributed by atoms with Crippen molar-refractivity contribution in [2.45, 2.75) is 13.0 Å². The molecule has 0 saturated carbocycles. The van der Waals surface area contributed by atoms with Gasteiger partial charge in [-0.15, -0.1) is 5.10 Å². The van der Waals surface area contributed by atoms with Crippen LogP contribution in [0, 0.1) is 11.8 Å². The van der Waals surface area contributed by atoms with Gasteiger partial charge in [0.1, 0.15) is 11.3 Å². The van der Waals surface area contributed by atoms with Crippen LogP contribution in [0.1, 0.15) is 40.3 Å². The zero-order valence-corrected chi connectivity index (χ0v) is 20.8. The molecule has 0 fully saturated rings. The predicted molar refractivity (Wildman–Crippen MR) is 147 cm³/mol. The third-order valence-electron chi connectivity index (χ3n) is 6.36. The first-order chi connectivity index (χ1) is 19.0. The van der Waals surface area contributed by atoms with Crippen LogP contribution in [0.2, 0.25) is 0 Å². The molecular weight excluding hydrogens is 492 g/mol. The molecule has 0 aliphatic carbocycles. The topological polar surface area (TPSA) is 136 Å². The van der Waals surface area contributed by atoms with Crippen molar-refractivity contribution in [2.24, 2.45) is 0 Å². The highest BCUT2D eigenvalue weighted by molar-refractivity contribution is 6.04. The number of nitrogen functional groups attached to an aromatic ring is 1. The van der Waals surface area contributed by atoms with Crippen LogP contribution in [0.3, 0.4) is 0 Å². The Labute approximate surface area is 222 Å². The number of nitrogens with one attached hydrogen (secondary N) is 2. The fourth-order valence-electron chi connectivity index (χ4n) is 4.57. The maximum absolute atomic E-state index is 14.1. The molecular formula is C29H22N8O2. The quantitative estimate of drug-likeness (QED) is 0.309. The van der Waals surface area contributed by atoms with Crippen LogP contribution in [0.25, 0.3) is 22.1 Å². The summed E-state index contributed by atoms with van der Waals surface area (Å²) in [7, 11) is 0. The molecule has 2 aromatic carbocycles. The second-order valence-electron chi connectivity index (χ2n) is 8.88. The summed E-state index contributed by atoms with van der Waals surface area (Å²) < 4.78 is 3.06. The number of hydrogen-bond acceptors (Lipinski definition) is 6. The predicted octanol–water partition coefficient (Wildman–Crippen LogP) is 3.23. The van der Waals surface area contributed by atoms with Gasteiger partial charge in [0.15, 0.2) is 11.5 Å². The number of pyridine rings is 1. The first-order valence-electron chi connectivity index (χ1n) is 12.2. The Bertz CT molecular complexity index is 1960. The van der Waals surface area contributed by atoms with Crippen LogP contribution in [0.15, 0.2) is 90.1 Å². The Morgan fingerprint density at radius 1 is 1.05 bits per heavy atom. The third-order valence-corrected chi connectivity index (χ3v) is 6.36. The van der Waals surface area contributed by atoms with Crippen molar-refractivity contribution < 1.29 is 4.79 Å². The lowest BCUT2D eigenvalue weighted by Gasteiger charge is -2.21. The molecule has 190 valence electrons. The number of anilines is 1. The van der Waals surface area contributed by atoms with E-state index in [1.54, 1.807) is 35.3 Å². The van der Waals surface area contributed by atoms with E-state index in [0.717, 1.165) is 0 Å². The number of fused-ring (bicyclic) bond motifs is 2. The van der Waals surface area contributed by atoms with Crippen LogP contribution in [-0.4, -0.2) is 35.3 Å². The highest BCUT2D eigenvalue weighted by Gasteiger charge is 2.23. The average Bonchev–Trinajstić information content (AvgIpc) is 3.59. The number of para-hydroxylation sites is 1. The van der Waals surface area contributed by atoms with E-state index < -0.39 is 11.9 Å². The molecule has 10 nitrogen and oxygen atoms in total. The van der Waals surface area contributed by atoms with Crippen LogP contribution in [0.4, 0.5) is 5.82 Å². The Hall–Kier alpha value is -5.69. The van der Waals surface area contributed by atoms with Crippen molar-refractivity contribution in [1.29, 1.82) is 0 Å². The molecule has 0 aliphatic heterocycles. The smallest absolute Gasteiger partial charge is 0.264 e. The standard InChI is InChI=1S/C29H22N8O2/c1-18(33-28(38)25-26(30)35-36-16-6-14-31-27(25)36)23-17-20-8-5-7-19(11-12-21-13-15-32-34-21)24(20)29(39)37(23)22-9-3-2-4-10-22/h2-10,13-18H,1H3,(H2,30,35)(H,32,34)(H,33,38)/t18-/m1/s1. The minimum atomic E-state index is -0.576. The maximum Gasteiger partial charge on any atom is 0.264 e. The summed E-state index contributed by atoms with van der Waals surface area (Å²) >= 11 is 0. The second-order valence-corrected chi connectivity index (χ2v) is 8.88. The molecule has 4 aromatic heterocycles. The summed E-state index contributed by atoms with van der Waals surface area (Å²) in [5, 5.41) is 15.1. The Kier molecular flexibility index (Phi) is 5.86. The molecule has 0 aliphatic rings. The first-order valence-corrected chi connectivity index (χ1v) is 12.2. The number of rotatable bonds is 4. The number of aromatic amines is 1. The van der Waals surface area contributed by atoms with Gasteiger partial charge in [-0.05, 0) is 54.6 Å². The Morgan fingerprint density at radius 3 is 2.69 bits per heavy atom. The van der Waals surface area contributed by atoms with Crippen molar-refractivity contribution in [3.05, 3.63) is 118 Å². The van der Waals surface area contributed by atoms with E-state index >= 15 is 0 Å². The average molecular weight is 515 g/mol. The van der Waals surface area contributed by atoms with E-state index in [4.69, 9.17) is 5.73 Å². The van der Waals surface area contributed by atoms with Crippen molar-refractivity contribution in [2.75, 3.05) is 5.73 Å². The fraction of sp³-hybridized carbons (Fsp3) is 0.0690. The second kappa shape index (κ2) is 9.64. The Morgan fingerprint density at radius 2 is 1.90 bits per heavy atom. The minimum Gasteiger partial charge on any atom is -0.381 e. The summed E-state index contributed by atoms with van der Waals surface area (Å²) in [6.45, 7) is 1.81. The van der Waals surface area contributed by atoms with Crippen LogP contribution in [-0.2, 0) is 0 Å². The monoisotopic (exact) mass is 514 g/mol. The molecule has 0 radical (unpaired) electrons. The molecule has 0 spiro atoms. The van der Waals surface area contributed by atoms with E-state index in [0.29, 0.717) is 39.1 Å². The number of H-pyrrole nitrogens is 1. The molecule has 1 atom stereocenters. The van der Waals surface area contributed by atoms with E-state index in [2.05, 4.69) is 37.4 Å². The molecule has 4 N–H and O–H groups in total. The van der Waals surface area contributed by atoms with Gasteiger partial charge in [0.05, 0.1) is 11.4 Å². The fourth-order valence-corrected chi connectivity index (χ4v) is 4.57. The van der Waals surface area contributed by atoms with E-state index in [1.807, 2.05) is 61.5 Å². The third kappa shape index (κ3) is 4.28. The number of carbonyl (C=O) groups excluding carboxylic acids is 1. The van der Waals surface area contributed by atoms with E-state index in [9.17, 15) is 9.59 Å². The van der Waals surface area contributed by atoms with Crippen molar-refractivity contribution in [3.8, 4) is 17.5 Å². The van der Waals surface area contributed by atoms with E-state index in [1.165, 1.54) is 4.52 Å². The molecule has 4 heterocycles. The number of benzene rings is 2. The molecule has 6 rings (SSSR count). The number of carbonyl (C=O) groups is 1. The van der Waals surface area contributed by atoms with Gasteiger partial charge in [-0.1, -0.05) is 36.3 Å². The number of aromatic nitrogens is 6. The summed E-state index contributed by atoms with van der Waals surface area (Å²) in [4.78, 5) is 31.7. The zero-order valence-electron chi connectivity index (χ0n) is 20.8. The summed E-state index contributed by atoms with van der Waals surface area (Å²) in [6, 6.07) is 19.6. The first kappa shape index (κ1) is 23.7. The van der Waals surface area contributed by atoms with Gasteiger partial charge in [0, 0.05) is 35.5 Å². The molecule has 6 aromatic rings. The lowest BCUT2D eigenvalue weighted by atomic mass is 10.0. The molecule has 0 saturated heterocycles. The lowest BCUT2D eigenvalue weighted by Crippen LogP contribution is -2.32. The van der Waals surface area contributed by atoms with Gasteiger partial charge < -0.3 is 11.1 Å². The van der Waals surface area contributed by atoms with Gasteiger partial charge in [-0.3, -0.25) is 19.3 Å². The van der Waals surface area contributed by atoms with Crippen LogP contribution >= 0.6 is 0 Å². The SMILES string of the molecule is C[C@@H](NC(=O)c1c(N)nn2cccnc12)c1cc2cccc(C#Cc3ccn[nH]3)c2c(=O)n1-c1ccccc1. The van der Waals surface area contributed by atoms with Crippen molar-refractivity contribution in [1.82, 2.24) is 34.7 Å². The van der Waals surface area contributed by atoms with Gasteiger partial charge in [0.25, 0.3) is 11.5 Å². The largest absolute Gasteiger partial charge is 0.381 e. The molecule has 0 bridgehead atoms. The number of hydrogen-bond donors (Lipinski definition) is 3. The van der Waals surface area contributed by atoms with Gasteiger partial charge in [-0.25, -0.2) is 9.50 Å².